The Labute approximate surface area is 113 Å². The molecule has 0 fully saturated rings. The smallest absolute Gasteiger partial charge is 0.345 e. The molecular weight excluding hydrogens is 266 g/mol. The molecular formula is C12H13N3O3S. The highest BCUT2D eigenvalue weighted by Gasteiger charge is 2.15. The quantitative estimate of drug-likeness (QED) is 0.898. The van der Waals surface area contributed by atoms with Crippen molar-refractivity contribution in [2.24, 2.45) is 0 Å². The minimum atomic E-state index is -1.00. The van der Waals surface area contributed by atoms with Crippen LogP contribution in [0, 0.1) is 6.92 Å². The van der Waals surface area contributed by atoms with Gasteiger partial charge in [0.1, 0.15) is 10.6 Å². The number of aromatic carboxylic acids is 1. The van der Waals surface area contributed by atoms with Crippen LogP contribution in [0.25, 0.3) is 0 Å². The highest BCUT2D eigenvalue weighted by Crippen LogP contribution is 2.22. The third-order valence-electron chi connectivity index (χ3n) is 2.49. The summed E-state index contributed by atoms with van der Waals surface area (Å²) in [5.74, 6) is -1.29. The first-order chi connectivity index (χ1) is 9.01. The van der Waals surface area contributed by atoms with Gasteiger partial charge in [-0.05, 0) is 32.0 Å². The standard InChI is InChI=1S/C12H13N3O3S/c1-3-15-8(6-7(2)14-15)11(16)13-10-5-4-9(19-10)12(17)18/h4-6H,3H2,1-2H3,(H,13,16)(H,17,18). The monoisotopic (exact) mass is 279 g/mol. The number of nitrogens with zero attached hydrogens (tertiary/aromatic N) is 2. The number of rotatable bonds is 4. The first-order valence-corrected chi connectivity index (χ1v) is 6.52. The van der Waals surface area contributed by atoms with E-state index in [1.54, 1.807) is 16.8 Å². The summed E-state index contributed by atoms with van der Waals surface area (Å²) in [7, 11) is 0. The van der Waals surface area contributed by atoms with Crippen LogP contribution in [0.15, 0.2) is 18.2 Å². The second-order valence-corrected chi connectivity index (χ2v) is 4.99. The van der Waals surface area contributed by atoms with Gasteiger partial charge in [0, 0.05) is 6.54 Å². The lowest BCUT2D eigenvalue weighted by molar-refractivity contribution is 0.0702. The predicted molar refractivity (Wildman–Crippen MR) is 71.9 cm³/mol. The normalized spacial score (nSPS) is 10.4. The number of carboxylic acid groups (broad SMARTS) is 1. The predicted octanol–water partition coefficient (Wildman–Crippen LogP) is 2.22. The molecule has 2 aromatic rings. The molecule has 2 rings (SSSR count). The Morgan fingerprint density at radius 1 is 1.47 bits per heavy atom. The summed E-state index contributed by atoms with van der Waals surface area (Å²) in [5.41, 5.74) is 1.23. The summed E-state index contributed by atoms with van der Waals surface area (Å²) in [6.07, 6.45) is 0. The van der Waals surface area contributed by atoms with Crippen molar-refractivity contribution >= 4 is 28.2 Å². The first kappa shape index (κ1) is 13.3. The van der Waals surface area contributed by atoms with Crippen LogP contribution in [0.4, 0.5) is 5.00 Å². The molecule has 7 heteroatoms. The molecule has 0 unspecified atom stereocenters. The van der Waals surface area contributed by atoms with Gasteiger partial charge in [0.05, 0.1) is 10.7 Å². The zero-order chi connectivity index (χ0) is 14.0. The number of hydrogen-bond donors (Lipinski definition) is 2. The van der Waals surface area contributed by atoms with Crippen LogP contribution in [0.2, 0.25) is 0 Å². The topological polar surface area (TPSA) is 84.2 Å². The van der Waals surface area contributed by atoms with Crippen molar-refractivity contribution in [2.45, 2.75) is 20.4 Å². The summed E-state index contributed by atoms with van der Waals surface area (Å²) in [6, 6.07) is 4.74. The maximum Gasteiger partial charge on any atom is 0.345 e. The van der Waals surface area contributed by atoms with Crippen molar-refractivity contribution in [3.05, 3.63) is 34.5 Å². The number of thiophene rings is 1. The maximum atomic E-state index is 12.1. The zero-order valence-corrected chi connectivity index (χ0v) is 11.3. The molecule has 2 heterocycles. The number of amides is 1. The summed E-state index contributed by atoms with van der Waals surface area (Å²) in [4.78, 5) is 23.0. The van der Waals surface area contributed by atoms with Gasteiger partial charge in [0.15, 0.2) is 0 Å². The SMILES string of the molecule is CCn1nc(C)cc1C(=O)Nc1ccc(C(=O)O)s1. The van der Waals surface area contributed by atoms with E-state index in [1.165, 1.54) is 6.07 Å². The molecule has 6 nitrogen and oxygen atoms in total. The van der Waals surface area contributed by atoms with Crippen LogP contribution in [0.3, 0.4) is 0 Å². The van der Waals surface area contributed by atoms with E-state index in [4.69, 9.17) is 5.11 Å². The lowest BCUT2D eigenvalue weighted by Gasteiger charge is -2.04. The first-order valence-electron chi connectivity index (χ1n) is 5.70. The Kier molecular flexibility index (Phi) is 3.66. The third kappa shape index (κ3) is 2.82. The van der Waals surface area contributed by atoms with E-state index in [2.05, 4.69) is 10.4 Å². The van der Waals surface area contributed by atoms with E-state index in [0.717, 1.165) is 17.0 Å². The van der Waals surface area contributed by atoms with Crippen LogP contribution in [-0.2, 0) is 6.54 Å². The average Bonchev–Trinajstić information content (AvgIpc) is 2.95. The van der Waals surface area contributed by atoms with Crippen molar-refractivity contribution < 1.29 is 14.7 Å². The van der Waals surface area contributed by atoms with Gasteiger partial charge < -0.3 is 10.4 Å². The molecule has 2 aromatic heterocycles. The lowest BCUT2D eigenvalue weighted by atomic mass is 10.3. The van der Waals surface area contributed by atoms with E-state index < -0.39 is 5.97 Å². The molecule has 1 amide bonds. The lowest BCUT2D eigenvalue weighted by Crippen LogP contribution is -2.16. The minimum Gasteiger partial charge on any atom is -0.477 e. The van der Waals surface area contributed by atoms with Crippen LogP contribution >= 0.6 is 11.3 Å². The van der Waals surface area contributed by atoms with Crippen molar-refractivity contribution in [3.63, 3.8) is 0 Å². The van der Waals surface area contributed by atoms with Crippen molar-refractivity contribution in [2.75, 3.05) is 5.32 Å². The van der Waals surface area contributed by atoms with Crippen LogP contribution in [-0.4, -0.2) is 26.8 Å². The van der Waals surface area contributed by atoms with Crippen LogP contribution in [0.5, 0.6) is 0 Å². The largest absolute Gasteiger partial charge is 0.477 e. The third-order valence-corrected chi connectivity index (χ3v) is 3.48. The summed E-state index contributed by atoms with van der Waals surface area (Å²) >= 11 is 1.02. The Morgan fingerprint density at radius 2 is 2.21 bits per heavy atom. The molecule has 0 bridgehead atoms. The number of carbonyl (C=O) groups is 2. The molecule has 0 atom stereocenters. The molecule has 0 aliphatic heterocycles. The fourth-order valence-corrected chi connectivity index (χ4v) is 2.41. The number of aromatic nitrogens is 2. The molecule has 0 spiro atoms. The average molecular weight is 279 g/mol. The van der Waals surface area contributed by atoms with Gasteiger partial charge >= 0.3 is 5.97 Å². The van der Waals surface area contributed by atoms with E-state index in [0.29, 0.717) is 17.2 Å². The molecule has 0 radical (unpaired) electrons. The van der Waals surface area contributed by atoms with Gasteiger partial charge in [-0.1, -0.05) is 0 Å². The van der Waals surface area contributed by atoms with Crippen molar-refractivity contribution in [3.8, 4) is 0 Å². The molecule has 0 aliphatic rings. The molecule has 100 valence electrons. The summed E-state index contributed by atoms with van der Waals surface area (Å²) in [6.45, 7) is 4.31. The van der Waals surface area contributed by atoms with Crippen LogP contribution in [0.1, 0.15) is 32.8 Å². The number of aryl methyl sites for hydroxylation is 2. The molecule has 0 aromatic carbocycles. The Morgan fingerprint density at radius 3 is 2.79 bits per heavy atom. The molecule has 2 N–H and O–H groups in total. The molecule has 0 saturated heterocycles. The number of nitrogens with one attached hydrogen (secondary N) is 1. The number of carboxylic acids is 1. The van der Waals surface area contributed by atoms with Crippen molar-refractivity contribution in [1.29, 1.82) is 0 Å². The van der Waals surface area contributed by atoms with Gasteiger partial charge in [-0.2, -0.15) is 5.10 Å². The molecule has 19 heavy (non-hydrogen) atoms. The van der Waals surface area contributed by atoms with Gasteiger partial charge in [-0.25, -0.2) is 4.79 Å². The minimum absolute atomic E-state index is 0.190. The Balaban J connectivity index is 2.18. The second kappa shape index (κ2) is 5.23. The fraction of sp³-hybridized carbons (Fsp3) is 0.250. The molecule has 0 saturated carbocycles. The zero-order valence-electron chi connectivity index (χ0n) is 10.5. The van der Waals surface area contributed by atoms with Crippen molar-refractivity contribution in [1.82, 2.24) is 9.78 Å². The van der Waals surface area contributed by atoms with Gasteiger partial charge in [-0.3, -0.25) is 9.48 Å². The van der Waals surface area contributed by atoms with E-state index in [1.807, 2.05) is 13.8 Å². The second-order valence-electron chi connectivity index (χ2n) is 3.91. The highest BCUT2D eigenvalue weighted by molar-refractivity contribution is 7.18. The van der Waals surface area contributed by atoms with E-state index in [-0.39, 0.29) is 10.8 Å². The van der Waals surface area contributed by atoms with E-state index in [9.17, 15) is 9.59 Å². The number of anilines is 1. The fourth-order valence-electron chi connectivity index (χ4n) is 1.67. The van der Waals surface area contributed by atoms with Gasteiger partial charge in [-0.15, -0.1) is 11.3 Å². The van der Waals surface area contributed by atoms with Crippen LogP contribution < -0.4 is 5.32 Å². The molecule has 0 aliphatic carbocycles. The highest BCUT2D eigenvalue weighted by atomic mass is 32.1. The Hall–Kier alpha value is -2.15. The van der Waals surface area contributed by atoms with Gasteiger partial charge in [0.25, 0.3) is 5.91 Å². The number of carbonyl (C=O) groups excluding carboxylic acids is 1. The maximum absolute atomic E-state index is 12.1. The van der Waals surface area contributed by atoms with Gasteiger partial charge in [0.2, 0.25) is 0 Å². The van der Waals surface area contributed by atoms with E-state index >= 15 is 0 Å². The summed E-state index contributed by atoms with van der Waals surface area (Å²) < 4.78 is 1.61. The summed E-state index contributed by atoms with van der Waals surface area (Å²) in [5, 5.41) is 16.2. The Bertz CT molecular complexity index is 630. The number of hydrogen-bond acceptors (Lipinski definition) is 4.